The SMILES string of the molecule is Cc1oc2nc[nH]c(=O)c2c1C(=O)N1CCN(C(=O)Cc2ccc(F)cc2)CC1. The zero-order chi connectivity index (χ0) is 20.5. The third-order valence-electron chi connectivity index (χ3n) is 5.07. The molecule has 0 bridgehead atoms. The number of aromatic amines is 1. The number of nitrogens with zero attached hydrogens (tertiary/aromatic N) is 3. The van der Waals surface area contributed by atoms with E-state index in [4.69, 9.17) is 4.42 Å². The molecule has 29 heavy (non-hydrogen) atoms. The van der Waals surface area contributed by atoms with Gasteiger partial charge in [0, 0.05) is 26.2 Å². The topological polar surface area (TPSA) is 99.5 Å². The van der Waals surface area contributed by atoms with Crippen LogP contribution in [0.3, 0.4) is 0 Å². The van der Waals surface area contributed by atoms with Crippen LogP contribution in [0, 0.1) is 12.7 Å². The van der Waals surface area contributed by atoms with E-state index in [2.05, 4.69) is 9.97 Å². The van der Waals surface area contributed by atoms with Gasteiger partial charge in [-0.05, 0) is 24.6 Å². The molecule has 1 N–H and O–H groups in total. The van der Waals surface area contributed by atoms with Crippen molar-refractivity contribution in [1.29, 1.82) is 0 Å². The van der Waals surface area contributed by atoms with E-state index in [1.807, 2.05) is 0 Å². The van der Waals surface area contributed by atoms with Gasteiger partial charge in [-0.2, -0.15) is 0 Å². The van der Waals surface area contributed by atoms with Crippen LogP contribution in [0.1, 0.15) is 21.7 Å². The molecule has 150 valence electrons. The molecule has 0 atom stereocenters. The Morgan fingerprint density at radius 1 is 1.14 bits per heavy atom. The van der Waals surface area contributed by atoms with Crippen LogP contribution in [0.2, 0.25) is 0 Å². The monoisotopic (exact) mass is 398 g/mol. The lowest BCUT2D eigenvalue weighted by Gasteiger charge is -2.34. The van der Waals surface area contributed by atoms with E-state index in [0.717, 1.165) is 5.56 Å². The van der Waals surface area contributed by atoms with Gasteiger partial charge in [-0.15, -0.1) is 0 Å². The maximum absolute atomic E-state index is 13.0. The Morgan fingerprint density at radius 2 is 1.79 bits per heavy atom. The molecule has 2 aromatic heterocycles. The van der Waals surface area contributed by atoms with Crippen LogP contribution in [-0.2, 0) is 11.2 Å². The zero-order valence-corrected chi connectivity index (χ0v) is 15.8. The van der Waals surface area contributed by atoms with Gasteiger partial charge >= 0.3 is 0 Å². The van der Waals surface area contributed by atoms with E-state index in [1.165, 1.54) is 18.5 Å². The van der Waals surface area contributed by atoms with Crippen molar-refractivity contribution in [3.63, 3.8) is 0 Å². The first-order valence-electron chi connectivity index (χ1n) is 9.22. The number of benzene rings is 1. The van der Waals surface area contributed by atoms with Crippen LogP contribution in [0.4, 0.5) is 4.39 Å². The Labute approximate surface area is 164 Å². The minimum Gasteiger partial charge on any atom is -0.442 e. The molecule has 0 saturated carbocycles. The zero-order valence-electron chi connectivity index (χ0n) is 15.8. The van der Waals surface area contributed by atoms with Crippen LogP contribution < -0.4 is 5.56 Å². The molecular weight excluding hydrogens is 379 g/mol. The van der Waals surface area contributed by atoms with E-state index >= 15 is 0 Å². The van der Waals surface area contributed by atoms with Gasteiger partial charge < -0.3 is 19.2 Å². The third-order valence-corrected chi connectivity index (χ3v) is 5.07. The molecule has 1 aliphatic heterocycles. The summed E-state index contributed by atoms with van der Waals surface area (Å²) in [6.07, 6.45) is 1.41. The van der Waals surface area contributed by atoms with Crippen LogP contribution in [-0.4, -0.2) is 57.8 Å². The van der Waals surface area contributed by atoms with E-state index in [-0.39, 0.29) is 40.7 Å². The van der Waals surface area contributed by atoms with Crippen LogP contribution in [0.5, 0.6) is 0 Å². The highest BCUT2D eigenvalue weighted by Gasteiger charge is 2.29. The number of hydrogen-bond acceptors (Lipinski definition) is 5. The molecule has 3 heterocycles. The molecule has 1 saturated heterocycles. The molecule has 4 rings (SSSR count). The minimum absolute atomic E-state index is 0.0747. The molecule has 0 aliphatic carbocycles. The van der Waals surface area contributed by atoms with Crippen LogP contribution in [0.25, 0.3) is 11.1 Å². The lowest BCUT2D eigenvalue weighted by atomic mass is 10.1. The van der Waals surface area contributed by atoms with Crippen molar-refractivity contribution in [2.24, 2.45) is 0 Å². The number of aromatic nitrogens is 2. The number of rotatable bonds is 3. The Kier molecular flexibility index (Phi) is 4.87. The summed E-state index contributed by atoms with van der Waals surface area (Å²) < 4.78 is 18.5. The number of furan rings is 1. The van der Waals surface area contributed by atoms with Gasteiger partial charge in [0.25, 0.3) is 11.5 Å². The number of fused-ring (bicyclic) bond motifs is 1. The molecule has 1 aliphatic rings. The second kappa shape index (κ2) is 7.50. The number of hydrogen-bond donors (Lipinski definition) is 1. The Hall–Kier alpha value is -3.49. The van der Waals surface area contributed by atoms with Crippen molar-refractivity contribution in [1.82, 2.24) is 19.8 Å². The Balaban J connectivity index is 1.44. The maximum atomic E-state index is 13.0. The molecular formula is C20H19FN4O4. The van der Waals surface area contributed by atoms with Crippen LogP contribution >= 0.6 is 0 Å². The van der Waals surface area contributed by atoms with Gasteiger partial charge in [-0.25, -0.2) is 9.37 Å². The first-order chi connectivity index (χ1) is 13.9. The van der Waals surface area contributed by atoms with Crippen molar-refractivity contribution >= 4 is 22.9 Å². The van der Waals surface area contributed by atoms with Gasteiger partial charge in [0.15, 0.2) is 0 Å². The largest absolute Gasteiger partial charge is 0.442 e. The number of aryl methyl sites for hydroxylation is 1. The van der Waals surface area contributed by atoms with Crippen molar-refractivity contribution < 1.29 is 18.4 Å². The van der Waals surface area contributed by atoms with E-state index in [1.54, 1.807) is 28.9 Å². The number of piperazine rings is 1. The number of H-pyrrole nitrogens is 1. The van der Waals surface area contributed by atoms with Crippen LogP contribution in [0.15, 0.2) is 39.8 Å². The fraction of sp³-hybridized carbons (Fsp3) is 0.300. The number of halogens is 1. The summed E-state index contributed by atoms with van der Waals surface area (Å²) >= 11 is 0. The number of carbonyl (C=O) groups is 2. The summed E-state index contributed by atoms with van der Waals surface area (Å²) in [5.41, 5.74) is 0.647. The Morgan fingerprint density at radius 3 is 2.48 bits per heavy atom. The standard InChI is InChI=1S/C20H19FN4O4/c1-12-16(17-18(27)22-11-23-19(17)29-12)20(28)25-8-6-24(7-9-25)15(26)10-13-2-4-14(21)5-3-13/h2-5,11H,6-10H2,1H3,(H,22,23,27). The molecule has 0 spiro atoms. The second-order valence-corrected chi connectivity index (χ2v) is 6.92. The fourth-order valence-electron chi connectivity index (χ4n) is 3.52. The summed E-state index contributed by atoms with van der Waals surface area (Å²) in [4.78, 5) is 47.3. The van der Waals surface area contributed by atoms with E-state index in [9.17, 15) is 18.8 Å². The van der Waals surface area contributed by atoms with E-state index < -0.39 is 5.56 Å². The van der Waals surface area contributed by atoms with Gasteiger partial charge in [-0.3, -0.25) is 14.4 Å². The van der Waals surface area contributed by atoms with Gasteiger partial charge in [0.05, 0.1) is 18.3 Å². The quantitative estimate of drug-likeness (QED) is 0.721. The van der Waals surface area contributed by atoms with Gasteiger partial charge in [-0.1, -0.05) is 12.1 Å². The molecule has 3 aromatic rings. The minimum atomic E-state index is -0.427. The van der Waals surface area contributed by atoms with Crippen molar-refractivity contribution in [2.75, 3.05) is 26.2 Å². The third kappa shape index (κ3) is 3.63. The Bertz CT molecular complexity index is 1130. The lowest BCUT2D eigenvalue weighted by Crippen LogP contribution is -2.51. The highest BCUT2D eigenvalue weighted by Crippen LogP contribution is 2.23. The summed E-state index contributed by atoms with van der Waals surface area (Å²) in [6.45, 7) is 3.08. The summed E-state index contributed by atoms with van der Waals surface area (Å²) in [7, 11) is 0. The summed E-state index contributed by atoms with van der Waals surface area (Å²) in [6, 6.07) is 5.83. The second-order valence-electron chi connectivity index (χ2n) is 6.92. The fourth-order valence-corrected chi connectivity index (χ4v) is 3.52. The predicted octanol–water partition coefficient (Wildman–Crippen LogP) is 1.49. The van der Waals surface area contributed by atoms with Crippen molar-refractivity contribution in [3.05, 3.63) is 63.7 Å². The molecule has 2 amide bonds. The molecule has 9 heteroatoms. The van der Waals surface area contributed by atoms with Gasteiger partial charge in [0.1, 0.15) is 17.0 Å². The van der Waals surface area contributed by atoms with Gasteiger partial charge in [0.2, 0.25) is 11.6 Å². The smallest absolute Gasteiger partial charge is 0.262 e. The summed E-state index contributed by atoms with van der Waals surface area (Å²) in [5.74, 6) is -0.395. The van der Waals surface area contributed by atoms with Crippen molar-refractivity contribution in [2.45, 2.75) is 13.3 Å². The normalized spacial score (nSPS) is 14.4. The predicted molar refractivity (Wildman–Crippen MR) is 102 cm³/mol. The summed E-state index contributed by atoms with van der Waals surface area (Å²) in [5, 5.41) is 0.143. The molecule has 1 aromatic carbocycles. The highest BCUT2D eigenvalue weighted by atomic mass is 19.1. The van der Waals surface area contributed by atoms with Crippen molar-refractivity contribution in [3.8, 4) is 0 Å². The maximum Gasteiger partial charge on any atom is 0.262 e. The number of nitrogens with one attached hydrogen (secondary N) is 1. The lowest BCUT2D eigenvalue weighted by molar-refractivity contribution is -0.131. The molecule has 1 fully saturated rings. The molecule has 0 radical (unpaired) electrons. The van der Waals surface area contributed by atoms with E-state index in [0.29, 0.717) is 31.9 Å². The molecule has 0 unspecified atom stereocenters. The number of amides is 2. The molecule has 8 nitrogen and oxygen atoms in total. The average molecular weight is 398 g/mol. The first kappa shape index (κ1) is 18.9. The number of carbonyl (C=O) groups excluding carboxylic acids is 2. The average Bonchev–Trinajstić information content (AvgIpc) is 3.06. The highest BCUT2D eigenvalue weighted by molar-refractivity contribution is 6.06. The first-order valence-corrected chi connectivity index (χ1v) is 9.22.